The highest BCUT2D eigenvalue weighted by atomic mass is 19.1. The van der Waals surface area contributed by atoms with E-state index in [1.807, 2.05) is 19.1 Å². The summed E-state index contributed by atoms with van der Waals surface area (Å²) in [7, 11) is 0. The summed E-state index contributed by atoms with van der Waals surface area (Å²) < 4.78 is 13.5. The van der Waals surface area contributed by atoms with Crippen LogP contribution in [0.2, 0.25) is 0 Å². The van der Waals surface area contributed by atoms with Crippen molar-refractivity contribution in [2.24, 2.45) is 0 Å². The molecule has 0 aliphatic heterocycles. The minimum Gasteiger partial charge on any atom is -0.313 e. The SMILES string of the molecule is CCNC(Cc1cc(F)ccc1C)C(C)c1ccccc1. The molecule has 1 nitrogen and oxygen atoms in total. The van der Waals surface area contributed by atoms with Gasteiger partial charge in [0.15, 0.2) is 0 Å². The summed E-state index contributed by atoms with van der Waals surface area (Å²) in [5.74, 6) is 0.229. The molecule has 0 radical (unpaired) electrons. The molecule has 2 atom stereocenters. The number of nitrogens with one attached hydrogen (secondary N) is 1. The second-order valence-electron chi connectivity index (χ2n) is 5.64. The van der Waals surface area contributed by atoms with E-state index in [9.17, 15) is 4.39 Å². The average Bonchev–Trinajstić information content (AvgIpc) is 2.50. The number of hydrogen-bond acceptors (Lipinski definition) is 1. The minimum absolute atomic E-state index is 0.154. The van der Waals surface area contributed by atoms with E-state index in [0.29, 0.717) is 12.0 Å². The molecule has 0 saturated carbocycles. The summed E-state index contributed by atoms with van der Waals surface area (Å²) in [5.41, 5.74) is 3.56. The largest absolute Gasteiger partial charge is 0.313 e. The van der Waals surface area contributed by atoms with E-state index in [2.05, 4.69) is 43.4 Å². The van der Waals surface area contributed by atoms with Crippen molar-refractivity contribution in [3.8, 4) is 0 Å². The maximum atomic E-state index is 13.5. The smallest absolute Gasteiger partial charge is 0.123 e. The molecule has 2 heteroatoms. The summed E-state index contributed by atoms with van der Waals surface area (Å²) in [5, 5.41) is 3.55. The molecule has 112 valence electrons. The van der Waals surface area contributed by atoms with Crippen LogP contribution < -0.4 is 5.32 Å². The number of benzene rings is 2. The zero-order chi connectivity index (χ0) is 15.2. The van der Waals surface area contributed by atoms with Gasteiger partial charge in [-0.25, -0.2) is 4.39 Å². The van der Waals surface area contributed by atoms with Gasteiger partial charge in [-0.3, -0.25) is 0 Å². The van der Waals surface area contributed by atoms with Gasteiger partial charge >= 0.3 is 0 Å². The zero-order valence-electron chi connectivity index (χ0n) is 13.1. The van der Waals surface area contributed by atoms with Crippen LogP contribution in [0.5, 0.6) is 0 Å². The molecule has 1 N–H and O–H groups in total. The molecule has 0 aliphatic carbocycles. The Balaban J connectivity index is 2.21. The summed E-state index contributed by atoms with van der Waals surface area (Å²) >= 11 is 0. The van der Waals surface area contributed by atoms with Gasteiger partial charge in [-0.05, 0) is 54.6 Å². The van der Waals surface area contributed by atoms with E-state index in [4.69, 9.17) is 0 Å². The molecule has 0 aliphatic rings. The second-order valence-corrected chi connectivity index (χ2v) is 5.64. The van der Waals surface area contributed by atoms with Crippen LogP contribution in [0.1, 0.15) is 36.5 Å². The van der Waals surface area contributed by atoms with Crippen LogP contribution in [0.3, 0.4) is 0 Å². The lowest BCUT2D eigenvalue weighted by Gasteiger charge is -2.26. The summed E-state index contributed by atoms with van der Waals surface area (Å²) in [4.78, 5) is 0. The van der Waals surface area contributed by atoms with Gasteiger partial charge in [-0.2, -0.15) is 0 Å². The first-order chi connectivity index (χ1) is 10.1. The lowest BCUT2D eigenvalue weighted by Crippen LogP contribution is -2.35. The minimum atomic E-state index is -0.154. The van der Waals surface area contributed by atoms with E-state index in [-0.39, 0.29) is 5.82 Å². The highest BCUT2D eigenvalue weighted by Gasteiger charge is 2.19. The van der Waals surface area contributed by atoms with Crippen LogP contribution in [0.25, 0.3) is 0 Å². The van der Waals surface area contributed by atoms with Crippen molar-refractivity contribution in [1.29, 1.82) is 0 Å². The Hall–Kier alpha value is -1.67. The van der Waals surface area contributed by atoms with Gasteiger partial charge in [0.1, 0.15) is 5.82 Å². The summed E-state index contributed by atoms with van der Waals surface area (Å²) in [6, 6.07) is 15.9. The Bertz CT molecular complexity index is 565. The first kappa shape index (κ1) is 15.7. The van der Waals surface area contributed by atoms with Gasteiger partial charge in [0.2, 0.25) is 0 Å². The third-order valence-corrected chi connectivity index (χ3v) is 4.15. The van der Waals surface area contributed by atoms with Crippen molar-refractivity contribution in [2.45, 2.75) is 39.2 Å². The predicted molar refractivity (Wildman–Crippen MR) is 87.2 cm³/mol. The maximum Gasteiger partial charge on any atom is 0.123 e. The zero-order valence-corrected chi connectivity index (χ0v) is 13.1. The van der Waals surface area contributed by atoms with E-state index in [1.54, 1.807) is 6.07 Å². The molecule has 0 spiro atoms. The van der Waals surface area contributed by atoms with Gasteiger partial charge in [-0.15, -0.1) is 0 Å². The van der Waals surface area contributed by atoms with Crippen LogP contribution in [-0.4, -0.2) is 12.6 Å². The molecular weight excluding hydrogens is 261 g/mol. The molecule has 0 aromatic heterocycles. The van der Waals surface area contributed by atoms with E-state index in [0.717, 1.165) is 24.1 Å². The van der Waals surface area contributed by atoms with Crippen molar-refractivity contribution in [1.82, 2.24) is 5.32 Å². The molecule has 0 heterocycles. The summed E-state index contributed by atoms with van der Waals surface area (Å²) in [6.45, 7) is 7.31. The molecule has 0 amide bonds. The highest BCUT2D eigenvalue weighted by molar-refractivity contribution is 5.29. The topological polar surface area (TPSA) is 12.0 Å². The quantitative estimate of drug-likeness (QED) is 0.826. The third kappa shape index (κ3) is 4.15. The third-order valence-electron chi connectivity index (χ3n) is 4.15. The number of aryl methyl sites for hydroxylation is 1. The molecule has 2 unspecified atom stereocenters. The van der Waals surface area contributed by atoms with Gasteiger partial charge in [0.25, 0.3) is 0 Å². The first-order valence-electron chi connectivity index (χ1n) is 7.65. The lowest BCUT2D eigenvalue weighted by atomic mass is 9.88. The Morgan fingerprint density at radius 2 is 1.81 bits per heavy atom. The van der Waals surface area contributed by atoms with E-state index >= 15 is 0 Å². The number of hydrogen-bond donors (Lipinski definition) is 1. The molecule has 2 aromatic carbocycles. The fourth-order valence-electron chi connectivity index (χ4n) is 2.77. The average molecular weight is 285 g/mol. The molecule has 21 heavy (non-hydrogen) atoms. The number of halogens is 1. The summed E-state index contributed by atoms with van der Waals surface area (Å²) in [6.07, 6.45) is 0.841. The highest BCUT2D eigenvalue weighted by Crippen LogP contribution is 2.23. The van der Waals surface area contributed by atoms with Crippen molar-refractivity contribution < 1.29 is 4.39 Å². The molecule has 0 bridgehead atoms. The van der Waals surface area contributed by atoms with Crippen molar-refractivity contribution in [2.75, 3.05) is 6.54 Å². The molecule has 0 fully saturated rings. The monoisotopic (exact) mass is 285 g/mol. The van der Waals surface area contributed by atoms with Crippen LogP contribution >= 0.6 is 0 Å². The molecule has 2 rings (SSSR count). The maximum absolute atomic E-state index is 13.5. The standard InChI is InChI=1S/C19H24FN/c1-4-21-19(15(3)16-8-6-5-7-9-16)13-17-12-18(20)11-10-14(17)2/h5-12,15,19,21H,4,13H2,1-3H3. The van der Waals surface area contributed by atoms with Crippen molar-refractivity contribution in [3.05, 3.63) is 71.0 Å². The van der Waals surface area contributed by atoms with E-state index < -0.39 is 0 Å². The van der Waals surface area contributed by atoms with Crippen LogP contribution in [-0.2, 0) is 6.42 Å². The molecular formula is C19H24FN. The van der Waals surface area contributed by atoms with Gasteiger partial charge in [-0.1, -0.05) is 50.2 Å². The Kier molecular flexibility index (Phi) is 5.51. The Morgan fingerprint density at radius 3 is 2.48 bits per heavy atom. The van der Waals surface area contributed by atoms with Crippen molar-refractivity contribution >= 4 is 0 Å². The molecule has 2 aromatic rings. The molecule has 0 saturated heterocycles. The van der Waals surface area contributed by atoms with E-state index in [1.165, 1.54) is 11.6 Å². The predicted octanol–water partition coefficient (Wildman–Crippen LogP) is 4.46. The second kappa shape index (κ2) is 7.37. The fraction of sp³-hybridized carbons (Fsp3) is 0.368. The van der Waals surface area contributed by atoms with Crippen molar-refractivity contribution in [3.63, 3.8) is 0 Å². The Morgan fingerprint density at radius 1 is 1.10 bits per heavy atom. The number of likely N-dealkylation sites (N-methyl/N-ethyl adjacent to an activating group) is 1. The van der Waals surface area contributed by atoms with Gasteiger partial charge in [0, 0.05) is 6.04 Å². The Labute approximate surface area is 127 Å². The normalized spacial score (nSPS) is 13.9. The van der Waals surface area contributed by atoms with Gasteiger partial charge in [0.05, 0.1) is 0 Å². The number of rotatable bonds is 6. The van der Waals surface area contributed by atoms with Gasteiger partial charge < -0.3 is 5.32 Å². The fourth-order valence-corrected chi connectivity index (χ4v) is 2.77. The van der Waals surface area contributed by atoms with Crippen LogP contribution in [0.15, 0.2) is 48.5 Å². The van der Waals surface area contributed by atoms with Crippen LogP contribution in [0.4, 0.5) is 4.39 Å². The first-order valence-corrected chi connectivity index (χ1v) is 7.65. The van der Waals surface area contributed by atoms with Crippen LogP contribution in [0, 0.1) is 12.7 Å². The lowest BCUT2D eigenvalue weighted by molar-refractivity contribution is 0.456.